The first-order valence-electron chi connectivity index (χ1n) is 5.57. The van der Waals surface area contributed by atoms with E-state index < -0.39 is 5.82 Å². The number of halogens is 3. The summed E-state index contributed by atoms with van der Waals surface area (Å²) in [6.45, 7) is 2.40. The molecule has 1 aromatic carbocycles. The number of benzene rings is 1. The number of rotatable bonds is 3. The molecule has 2 rings (SSSR count). The van der Waals surface area contributed by atoms with Crippen molar-refractivity contribution in [3.63, 3.8) is 0 Å². The predicted octanol–water partition coefficient (Wildman–Crippen LogP) is 4.14. The first-order chi connectivity index (χ1) is 8.99. The van der Waals surface area contributed by atoms with Crippen molar-refractivity contribution in [1.82, 2.24) is 4.98 Å². The van der Waals surface area contributed by atoms with Gasteiger partial charge in [-0.1, -0.05) is 17.7 Å². The number of hydrogen-bond donors (Lipinski definition) is 2. The second kappa shape index (κ2) is 5.75. The van der Waals surface area contributed by atoms with Crippen LogP contribution in [0.1, 0.15) is 11.1 Å². The van der Waals surface area contributed by atoms with Crippen molar-refractivity contribution in [1.29, 1.82) is 0 Å². The van der Waals surface area contributed by atoms with E-state index in [0.717, 1.165) is 15.6 Å². The first-order valence-corrected chi connectivity index (χ1v) is 6.74. The predicted molar refractivity (Wildman–Crippen MR) is 79.8 cm³/mol. The fraction of sp³-hybridized carbons (Fsp3) is 0.154. The van der Waals surface area contributed by atoms with Crippen LogP contribution in [0.3, 0.4) is 0 Å². The number of nitrogens with one attached hydrogen (secondary N) is 1. The van der Waals surface area contributed by atoms with Crippen molar-refractivity contribution >= 4 is 39.0 Å². The Hall–Kier alpha value is -1.33. The summed E-state index contributed by atoms with van der Waals surface area (Å²) in [5.41, 5.74) is 8.18. The zero-order valence-electron chi connectivity index (χ0n) is 10.2. The molecule has 2 aromatic rings. The van der Waals surface area contributed by atoms with Crippen LogP contribution in [0, 0.1) is 12.7 Å². The van der Waals surface area contributed by atoms with Gasteiger partial charge >= 0.3 is 0 Å². The summed E-state index contributed by atoms with van der Waals surface area (Å²) in [7, 11) is 0. The van der Waals surface area contributed by atoms with Crippen LogP contribution in [0.5, 0.6) is 0 Å². The maximum Gasteiger partial charge on any atom is 0.141 e. The molecule has 0 radical (unpaired) electrons. The van der Waals surface area contributed by atoms with Crippen molar-refractivity contribution in [2.45, 2.75) is 13.5 Å². The highest BCUT2D eigenvalue weighted by atomic mass is 79.9. The lowest BCUT2D eigenvalue weighted by atomic mass is 10.2. The van der Waals surface area contributed by atoms with Gasteiger partial charge in [-0.15, -0.1) is 0 Å². The summed E-state index contributed by atoms with van der Waals surface area (Å²) in [4.78, 5) is 4.20. The van der Waals surface area contributed by atoms with Crippen molar-refractivity contribution < 1.29 is 4.39 Å². The average Bonchev–Trinajstić information content (AvgIpc) is 2.39. The van der Waals surface area contributed by atoms with Gasteiger partial charge in [0.2, 0.25) is 0 Å². The third-order valence-electron chi connectivity index (χ3n) is 2.75. The Kier molecular flexibility index (Phi) is 4.27. The topological polar surface area (TPSA) is 50.9 Å². The van der Waals surface area contributed by atoms with Gasteiger partial charge in [-0.2, -0.15) is 0 Å². The van der Waals surface area contributed by atoms with E-state index in [1.165, 1.54) is 6.07 Å². The highest BCUT2D eigenvalue weighted by Crippen LogP contribution is 2.28. The van der Waals surface area contributed by atoms with Crippen LogP contribution in [0.4, 0.5) is 15.9 Å². The normalized spacial score (nSPS) is 10.5. The molecule has 3 nitrogen and oxygen atoms in total. The van der Waals surface area contributed by atoms with Gasteiger partial charge in [-0.05, 0) is 46.1 Å². The Balaban J connectivity index is 2.14. The summed E-state index contributed by atoms with van der Waals surface area (Å²) in [5.74, 6) is 0.264. The number of nitrogens with two attached hydrogens (primary N) is 1. The second-order valence-corrected chi connectivity index (χ2v) is 5.30. The number of nitrogen functional groups attached to an aromatic ring is 1. The van der Waals surface area contributed by atoms with Crippen LogP contribution in [-0.2, 0) is 6.54 Å². The van der Waals surface area contributed by atoms with E-state index in [0.29, 0.717) is 18.1 Å². The van der Waals surface area contributed by atoms with Crippen LogP contribution >= 0.6 is 27.5 Å². The third-order valence-corrected chi connectivity index (χ3v) is 4.01. The van der Waals surface area contributed by atoms with Crippen LogP contribution in [0.2, 0.25) is 5.02 Å². The molecule has 0 saturated carbocycles. The summed E-state index contributed by atoms with van der Waals surface area (Å²) in [6, 6.07) is 4.60. The summed E-state index contributed by atoms with van der Waals surface area (Å²) in [5, 5.41) is 3.26. The van der Waals surface area contributed by atoms with Gasteiger partial charge in [0.05, 0.1) is 21.4 Å². The Bertz CT molecular complexity index is 619. The lowest BCUT2D eigenvalue weighted by Gasteiger charge is -2.11. The van der Waals surface area contributed by atoms with E-state index in [4.69, 9.17) is 17.3 Å². The molecule has 6 heteroatoms. The lowest BCUT2D eigenvalue weighted by Crippen LogP contribution is -2.04. The zero-order valence-corrected chi connectivity index (χ0v) is 12.5. The fourth-order valence-corrected chi connectivity index (χ4v) is 2.23. The maximum absolute atomic E-state index is 13.0. The highest BCUT2D eigenvalue weighted by Gasteiger charge is 2.07. The molecule has 0 bridgehead atoms. The van der Waals surface area contributed by atoms with Crippen molar-refractivity contribution in [2.24, 2.45) is 0 Å². The summed E-state index contributed by atoms with van der Waals surface area (Å²) < 4.78 is 13.9. The van der Waals surface area contributed by atoms with Crippen LogP contribution < -0.4 is 11.1 Å². The molecule has 0 aliphatic carbocycles. The number of anilines is 2. The van der Waals surface area contributed by atoms with Crippen molar-refractivity contribution in [2.75, 3.05) is 11.1 Å². The lowest BCUT2D eigenvalue weighted by molar-refractivity contribution is 0.627. The van der Waals surface area contributed by atoms with E-state index >= 15 is 0 Å². The third kappa shape index (κ3) is 3.16. The van der Waals surface area contributed by atoms with Gasteiger partial charge in [0.1, 0.15) is 11.6 Å². The maximum atomic E-state index is 13.0. The summed E-state index contributed by atoms with van der Waals surface area (Å²) in [6.07, 6.45) is 1.60. The average molecular weight is 345 g/mol. The first kappa shape index (κ1) is 14.1. The summed E-state index contributed by atoms with van der Waals surface area (Å²) >= 11 is 9.17. The smallest absolute Gasteiger partial charge is 0.141 e. The monoisotopic (exact) mass is 343 g/mol. The van der Waals surface area contributed by atoms with Gasteiger partial charge in [0.15, 0.2) is 0 Å². The standard InChI is InChI=1S/C13H12BrClFN3/c1-7-11(17)6-19-13(12(7)14)18-5-8-2-3-10(16)9(15)4-8/h2-4,6H,5,17H2,1H3,(H,18,19). The van der Waals surface area contributed by atoms with Gasteiger partial charge in [0, 0.05) is 6.54 Å². The molecule has 0 amide bonds. The highest BCUT2D eigenvalue weighted by molar-refractivity contribution is 9.10. The Morgan fingerprint density at radius 2 is 2.21 bits per heavy atom. The van der Waals surface area contributed by atoms with Gasteiger partial charge in [0.25, 0.3) is 0 Å². The SMILES string of the molecule is Cc1c(N)cnc(NCc2ccc(F)c(Cl)c2)c1Br. The largest absolute Gasteiger partial charge is 0.397 e. The van der Waals surface area contributed by atoms with Gasteiger partial charge in [-0.3, -0.25) is 0 Å². The number of pyridine rings is 1. The molecule has 0 aliphatic heterocycles. The fourth-order valence-electron chi connectivity index (χ4n) is 1.55. The molecule has 0 unspecified atom stereocenters. The van der Waals surface area contributed by atoms with Gasteiger partial charge < -0.3 is 11.1 Å². The van der Waals surface area contributed by atoms with Gasteiger partial charge in [-0.25, -0.2) is 9.37 Å². The quantitative estimate of drug-likeness (QED) is 0.880. The number of aromatic nitrogens is 1. The molecule has 19 heavy (non-hydrogen) atoms. The molecule has 0 aliphatic rings. The molecule has 1 aromatic heterocycles. The molecule has 0 spiro atoms. The van der Waals surface area contributed by atoms with E-state index in [-0.39, 0.29) is 5.02 Å². The van der Waals surface area contributed by atoms with E-state index in [1.807, 2.05) is 6.92 Å². The van der Waals surface area contributed by atoms with Crippen LogP contribution in [0.15, 0.2) is 28.9 Å². The number of nitrogens with zero attached hydrogens (tertiary/aromatic N) is 1. The Morgan fingerprint density at radius 1 is 1.47 bits per heavy atom. The van der Waals surface area contributed by atoms with Crippen molar-refractivity contribution in [3.8, 4) is 0 Å². The Labute approximate surface area is 124 Å². The van der Waals surface area contributed by atoms with E-state index in [9.17, 15) is 4.39 Å². The molecule has 0 atom stereocenters. The minimum Gasteiger partial charge on any atom is -0.397 e. The zero-order chi connectivity index (χ0) is 14.0. The molecule has 3 N–H and O–H groups in total. The molecule has 0 fully saturated rings. The van der Waals surface area contributed by atoms with Crippen LogP contribution in [-0.4, -0.2) is 4.98 Å². The molecule has 0 saturated heterocycles. The van der Waals surface area contributed by atoms with Crippen molar-refractivity contribution in [3.05, 3.63) is 50.8 Å². The molecular formula is C13H12BrClFN3. The second-order valence-electron chi connectivity index (χ2n) is 4.10. The van der Waals surface area contributed by atoms with E-state index in [2.05, 4.69) is 26.2 Å². The molecule has 1 heterocycles. The minimum atomic E-state index is -0.423. The number of hydrogen-bond acceptors (Lipinski definition) is 3. The van der Waals surface area contributed by atoms with E-state index in [1.54, 1.807) is 18.3 Å². The molecular weight excluding hydrogens is 333 g/mol. The van der Waals surface area contributed by atoms with Crippen LogP contribution in [0.25, 0.3) is 0 Å². The Morgan fingerprint density at radius 3 is 2.89 bits per heavy atom. The molecule has 100 valence electrons. The minimum absolute atomic E-state index is 0.111.